The van der Waals surface area contributed by atoms with E-state index in [4.69, 9.17) is 4.89 Å². The van der Waals surface area contributed by atoms with Gasteiger partial charge in [0.1, 0.15) is 0 Å². The lowest BCUT2D eigenvalue weighted by molar-refractivity contribution is -0.240. The van der Waals surface area contributed by atoms with E-state index in [1.807, 2.05) is 49.4 Å². The Hall–Kier alpha value is -2.13. The third-order valence-electron chi connectivity index (χ3n) is 2.65. The van der Waals surface area contributed by atoms with E-state index in [9.17, 15) is 4.79 Å². The van der Waals surface area contributed by atoms with Crippen molar-refractivity contribution in [3.05, 3.63) is 60.2 Å². The lowest BCUT2D eigenvalue weighted by Crippen LogP contribution is -2.06. The fourth-order valence-electron chi connectivity index (χ4n) is 1.66. The molecular formula is C16H16O3. The van der Waals surface area contributed by atoms with Crippen LogP contribution >= 0.6 is 0 Å². The van der Waals surface area contributed by atoms with Crippen molar-refractivity contribution in [2.75, 3.05) is 6.61 Å². The van der Waals surface area contributed by atoms with Gasteiger partial charge in [0.2, 0.25) is 0 Å². The summed E-state index contributed by atoms with van der Waals surface area (Å²) in [5.41, 5.74) is 2.66. The van der Waals surface area contributed by atoms with Crippen LogP contribution in [0.4, 0.5) is 0 Å². The molecule has 3 heteroatoms. The van der Waals surface area contributed by atoms with Gasteiger partial charge in [-0.25, -0.2) is 4.79 Å². The summed E-state index contributed by atoms with van der Waals surface area (Å²) in [7, 11) is 0. The van der Waals surface area contributed by atoms with Crippen LogP contribution in [-0.2, 0) is 9.78 Å². The van der Waals surface area contributed by atoms with E-state index in [0.717, 1.165) is 17.5 Å². The predicted octanol–water partition coefficient (Wildman–Crippen LogP) is 3.85. The number of rotatable bonds is 5. The highest BCUT2D eigenvalue weighted by atomic mass is 17.2. The molecule has 0 fully saturated rings. The van der Waals surface area contributed by atoms with E-state index >= 15 is 0 Å². The van der Waals surface area contributed by atoms with Crippen LogP contribution < -0.4 is 0 Å². The molecule has 0 N–H and O–H groups in total. The minimum atomic E-state index is -0.465. The molecule has 0 radical (unpaired) electrons. The Balaban J connectivity index is 2.04. The highest BCUT2D eigenvalue weighted by Gasteiger charge is 2.08. The van der Waals surface area contributed by atoms with E-state index in [0.29, 0.717) is 12.2 Å². The van der Waals surface area contributed by atoms with Crippen molar-refractivity contribution in [2.24, 2.45) is 0 Å². The average molecular weight is 256 g/mol. The Labute approximate surface area is 112 Å². The maximum absolute atomic E-state index is 11.6. The van der Waals surface area contributed by atoms with Crippen LogP contribution in [0.3, 0.4) is 0 Å². The molecule has 0 saturated carbocycles. The first kappa shape index (κ1) is 13.3. The molecule has 2 rings (SSSR count). The third kappa shape index (κ3) is 3.66. The first-order chi connectivity index (χ1) is 9.31. The molecule has 3 nitrogen and oxygen atoms in total. The second kappa shape index (κ2) is 6.71. The van der Waals surface area contributed by atoms with E-state index in [1.165, 1.54) is 0 Å². The summed E-state index contributed by atoms with van der Waals surface area (Å²) in [5, 5.41) is 0. The molecule has 0 aliphatic heterocycles. The first-order valence-electron chi connectivity index (χ1n) is 6.30. The zero-order valence-electron chi connectivity index (χ0n) is 10.8. The Morgan fingerprint density at radius 1 is 0.947 bits per heavy atom. The molecule has 0 saturated heterocycles. The van der Waals surface area contributed by atoms with Gasteiger partial charge in [-0.2, -0.15) is 4.89 Å². The Morgan fingerprint density at radius 3 is 2.21 bits per heavy atom. The summed E-state index contributed by atoms with van der Waals surface area (Å²) in [6.45, 7) is 2.36. The molecule has 0 amide bonds. The number of carbonyl (C=O) groups excluding carboxylic acids is 1. The third-order valence-corrected chi connectivity index (χ3v) is 2.65. The fourth-order valence-corrected chi connectivity index (χ4v) is 1.66. The molecule has 0 aliphatic rings. The van der Waals surface area contributed by atoms with Crippen molar-refractivity contribution in [1.29, 1.82) is 0 Å². The van der Waals surface area contributed by atoms with Gasteiger partial charge in [0.05, 0.1) is 12.2 Å². The molecule has 0 heterocycles. The summed E-state index contributed by atoms with van der Waals surface area (Å²) in [4.78, 5) is 21.1. The highest BCUT2D eigenvalue weighted by Crippen LogP contribution is 2.19. The van der Waals surface area contributed by atoms with Crippen LogP contribution in [0.25, 0.3) is 11.1 Å². The van der Waals surface area contributed by atoms with Crippen molar-refractivity contribution in [3.63, 3.8) is 0 Å². The fraction of sp³-hybridized carbons (Fsp3) is 0.188. The smallest absolute Gasteiger partial charge is 0.293 e. The summed E-state index contributed by atoms with van der Waals surface area (Å²) in [6, 6.07) is 17.2. The first-order valence-corrected chi connectivity index (χ1v) is 6.30. The van der Waals surface area contributed by atoms with Crippen molar-refractivity contribution in [1.82, 2.24) is 0 Å². The summed E-state index contributed by atoms with van der Waals surface area (Å²) >= 11 is 0. The van der Waals surface area contributed by atoms with Crippen LogP contribution in [-0.4, -0.2) is 12.6 Å². The number of hydrogen-bond donors (Lipinski definition) is 0. The zero-order chi connectivity index (χ0) is 13.5. The topological polar surface area (TPSA) is 35.5 Å². The summed E-state index contributed by atoms with van der Waals surface area (Å²) in [5.74, 6) is -0.465. The molecule has 2 aromatic rings. The van der Waals surface area contributed by atoms with Crippen LogP contribution in [0.1, 0.15) is 23.7 Å². The second-order valence-corrected chi connectivity index (χ2v) is 4.14. The number of carbonyl (C=O) groups is 1. The largest absolute Gasteiger partial charge is 0.373 e. The van der Waals surface area contributed by atoms with Gasteiger partial charge in [-0.3, -0.25) is 4.89 Å². The van der Waals surface area contributed by atoms with E-state index < -0.39 is 5.97 Å². The highest BCUT2D eigenvalue weighted by molar-refractivity contribution is 5.89. The van der Waals surface area contributed by atoms with Gasteiger partial charge in [0, 0.05) is 0 Å². The van der Waals surface area contributed by atoms with Gasteiger partial charge in [0.15, 0.2) is 0 Å². The maximum atomic E-state index is 11.6. The quantitative estimate of drug-likeness (QED) is 0.463. The Bertz CT molecular complexity index is 517. The zero-order valence-corrected chi connectivity index (χ0v) is 10.8. The lowest BCUT2D eigenvalue weighted by Gasteiger charge is -2.04. The molecule has 0 aliphatic carbocycles. The molecule has 0 atom stereocenters. The van der Waals surface area contributed by atoms with E-state index in [-0.39, 0.29) is 0 Å². The molecule has 98 valence electrons. The lowest BCUT2D eigenvalue weighted by atomic mass is 10.0. The van der Waals surface area contributed by atoms with Crippen LogP contribution in [0.2, 0.25) is 0 Å². The van der Waals surface area contributed by atoms with Crippen LogP contribution in [0.5, 0.6) is 0 Å². The Kier molecular flexibility index (Phi) is 4.70. The average Bonchev–Trinajstić information content (AvgIpc) is 2.48. The molecule has 19 heavy (non-hydrogen) atoms. The van der Waals surface area contributed by atoms with Gasteiger partial charge in [-0.1, -0.05) is 49.4 Å². The van der Waals surface area contributed by atoms with Crippen molar-refractivity contribution < 1.29 is 14.6 Å². The molecule has 0 bridgehead atoms. The maximum Gasteiger partial charge on any atom is 0.373 e. The predicted molar refractivity (Wildman–Crippen MR) is 73.5 cm³/mol. The molecule has 2 aromatic carbocycles. The van der Waals surface area contributed by atoms with Crippen LogP contribution in [0, 0.1) is 0 Å². The molecule has 0 spiro atoms. The van der Waals surface area contributed by atoms with Gasteiger partial charge < -0.3 is 0 Å². The molecular weight excluding hydrogens is 240 g/mol. The van der Waals surface area contributed by atoms with Crippen molar-refractivity contribution in [2.45, 2.75) is 13.3 Å². The molecule has 0 aromatic heterocycles. The normalized spacial score (nSPS) is 10.2. The SMILES string of the molecule is CCCOOC(=O)c1ccc(-c2ccccc2)cc1. The van der Waals surface area contributed by atoms with Crippen molar-refractivity contribution >= 4 is 5.97 Å². The monoisotopic (exact) mass is 256 g/mol. The van der Waals surface area contributed by atoms with Gasteiger partial charge in [0.25, 0.3) is 0 Å². The minimum Gasteiger partial charge on any atom is -0.293 e. The number of hydrogen-bond acceptors (Lipinski definition) is 3. The van der Waals surface area contributed by atoms with Crippen LogP contribution in [0.15, 0.2) is 54.6 Å². The number of benzene rings is 2. The van der Waals surface area contributed by atoms with E-state index in [2.05, 4.69) is 4.89 Å². The van der Waals surface area contributed by atoms with E-state index in [1.54, 1.807) is 12.1 Å². The summed E-state index contributed by atoms with van der Waals surface area (Å²) < 4.78 is 0. The Morgan fingerprint density at radius 2 is 1.58 bits per heavy atom. The minimum absolute atomic E-state index is 0.411. The van der Waals surface area contributed by atoms with Gasteiger partial charge in [-0.05, 0) is 29.7 Å². The summed E-state index contributed by atoms with van der Waals surface area (Å²) in [6.07, 6.45) is 0.806. The van der Waals surface area contributed by atoms with Gasteiger partial charge >= 0.3 is 5.97 Å². The standard InChI is InChI=1S/C16H16O3/c1-2-12-18-19-16(17)15-10-8-14(9-11-15)13-6-4-3-5-7-13/h3-11H,2,12H2,1H3. The van der Waals surface area contributed by atoms with Gasteiger partial charge in [-0.15, -0.1) is 0 Å². The van der Waals surface area contributed by atoms with Crippen molar-refractivity contribution in [3.8, 4) is 11.1 Å². The second-order valence-electron chi connectivity index (χ2n) is 4.14. The molecule has 0 unspecified atom stereocenters.